The van der Waals surface area contributed by atoms with Crippen LogP contribution in [0.4, 0.5) is 5.69 Å². The van der Waals surface area contributed by atoms with Crippen LogP contribution in [0.15, 0.2) is 48.7 Å². The monoisotopic (exact) mass is 271 g/mol. The van der Waals surface area contributed by atoms with Gasteiger partial charge in [0.15, 0.2) is 0 Å². The van der Waals surface area contributed by atoms with Gasteiger partial charge in [0, 0.05) is 24.5 Å². The van der Waals surface area contributed by atoms with E-state index < -0.39 is 0 Å². The Kier molecular flexibility index (Phi) is 4.82. The van der Waals surface area contributed by atoms with Crippen LogP contribution >= 0.6 is 0 Å². The minimum atomic E-state index is -0.0736. The van der Waals surface area contributed by atoms with E-state index in [4.69, 9.17) is 0 Å². The van der Waals surface area contributed by atoms with Crippen molar-refractivity contribution in [3.8, 4) is 0 Å². The van der Waals surface area contributed by atoms with Gasteiger partial charge < -0.3 is 15.6 Å². The van der Waals surface area contributed by atoms with Crippen molar-refractivity contribution in [2.45, 2.75) is 19.9 Å². The summed E-state index contributed by atoms with van der Waals surface area (Å²) in [6.07, 6.45) is 1.75. The maximum Gasteiger partial charge on any atom is 0.267 e. The molecule has 0 saturated carbocycles. The van der Waals surface area contributed by atoms with Crippen molar-refractivity contribution in [3.63, 3.8) is 0 Å². The molecule has 4 nitrogen and oxygen atoms in total. The number of H-pyrrole nitrogens is 1. The van der Waals surface area contributed by atoms with Crippen molar-refractivity contribution in [1.29, 1.82) is 0 Å². The molecule has 0 bridgehead atoms. The van der Waals surface area contributed by atoms with Crippen molar-refractivity contribution in [2.24, 2.45) is 5.92 Å². The third-order valence-corrected chi connectivity index (χ3v) is 3.26. The van der Waals surface area contributed by atoms with Crippen LogP contribution in [-0.2, 0) is 0 Å². The van der Waals surface area contributed by atoms with Crippen molar-refractivity contribution in [2.75, 3.05) is 11.9 Å². The van der Waals surface area contributed by atoms with E-state index in [1.54, 1.807) is 12.3 Å². The zero-order valence-electron chi connectivity index (χ0n) is 11.9. The Balaban J connectivity index is 1.91. The highest BCUT2D eigenvalue weighted by molar-refractivity contribution is 5.92. The summed E-state index contributed by atoms with van der Waals surface area (Å²) < 4.78 is 0. The first-order chi connectivity index (χ1) is 9.66. The fourth-order valence-electron chi connectivity index (χ4n) is 1.97. The molecule has 0 aliphatic heterocycles. The Morgan fingerprint density at radius 1 is 1.15 bits per heavy atom. The number of hydrogen-bond donors (Lipinski definition) is 3. The van der Waals surface area contributed by atoms with E-state index >= 15 is 0 Å². The lowest BCUT2D eigenvalue weighted by molar-refractivity contribution is 0.0946. The summed E-state index contributed by atoms with van der Waals surface area (Å²) >= 11 is 0. The van der Waals surface area contributed by atoms with Crippen molar-refractivity contribution >= 4 is 11.6 Å². The second kappa shape index (κ2) is 6.80. The normalized spacial score (nSPS) is 12.2. The molecule has 1 unspecified atom stereocenters. The van der Waals surface area contributed by atoms with E-state index in [0.717, 1.165) is 5.69 Å². The summed E-state index contributed by atoms with van der Waals surface area (Å²) in [6.45, 7) is 4.87. The number of anilines is 1. The molecule has 3 N–H and O–H groups in total. The maximum absolute atomic E-state index is 11.9. The maximum atomic E-state index is 11.9. The largest absolute Gasteiger partial charge is 0.380 e. The topological polar surface area (TPSA) is 56.9 Å². The summed E-state index contributed by atoms with van der Waals surface area (Å²) in [4.78, 5) is 14.8. The van der Waals surface area contributed by atoms with Gasteiger partial charge in [-0.3, -0.25) is 4.79 Å². The van der Waals surface area contributed by atoms with Crippen molar-refractivity contribution in [3.05, 3.63) is 54.4 Å². The molecule has 0 radical (unpaired) electrons. The predicted molar refractivity (Wildman–Crippen MR) is 81.8 cm³/mol. The van der Waals surface area contributed by atoms with Gasteiger partial charge >= 0.3 is 0 Å². The van der Waals surface area contributed by atoms with Crippen LogP contribution in [-0.4, -0.2) is 23.5 Å². The second-order valence-electron chi connectivity index (χ2n) is 5.15. The molecular formula is C16H21N3O. The molecule has 1 aromatic carbocycles. The van der Waals surface area contributed by atoms with Crippen molar-refractivity contribution in [1.82, 2.24) is 10.3 Å². The van der Waals surface area contributed by atoms with Crippen LogP contribution in [0.3, 0.4) is 0 Å². The van der Waals surface area contributed by atoms with Gasteiger partial charge in [-0.25, -0.2) is 0 Å². The van der Waals surface area contributed by atoms with Crippen LogP contribution in [0.5, 0.6) is 0 Å². The van der Waals surface area contributed by atoms with Crippen LogP contribution in [0.25, 0.3) is 0 Å². The van der Waals surface area contributed by atoms with Crippen LogP contribution in [0.1, 0.15) is 24.3 Å². The molecule has 0 saturated heterocycles. The summed E-state index contributed by atoms with van der Waals surface area (Å²) in [5.41, 5.74) is 1.66. The lowest BCUT2D eigenvalue weighted by atomic mass is 10.0. The molecule has 2 aromatic rings. The minimum Gasteiger partial charge on any atom is -0.380 e. The van der Waals surface area contributed by atoms with Gasteiger partial charge in [-0.1, -0.05) is 32.0 Å². The van der Waals surface area contributed by atoms with Crippen LogP contribution < -0.4 is 10.6 Å². The SMILES string of the molecule is CC(C)C(CNC(=O)c1ccc[nH]1)Nc1ccccc1. The molecule has 0 aliphatic rings. The van der Waals surface area contributed by atoms with Gasteiger partial charge in [0.05, 0.1) is 0 Å². The first kappa shape index (κ1) is 14.2. The number of carbonyl (C=O) groups excluding carboxylic acids is 1. The fraction of sp³-hybridized carbons (Fsp3) is 0.312. The quantitative estimate of drug-likeness (QED) is 0.756. The number of benzene rings is 1. The molecule has 0 aliphatic carbocycles. The van der Waals surface area contributed by atoms with Crippen LogP contribution in [0, 0.1) is 5.92 Å². The number of aromatic amines is 1. The summed E-state index contributed by atoms with van der Waals surface area (Å²) in [7, 11) is 0. The van der Waals surface area contributed by atoms with Gasteiger partial charge in [-0.05, 0) is 30.2 Å². The highest BCUT2D eigenvalue weighted by Crippen LogP contribution is 2.11. The zero-order chi connectivity index (χ0) is 14.4. The molecule has 1 heterocycles. The van der Waals surface area contributed by atoms with Gasteiger partial charge in [-0.15, -0.1) is 0 Å². The number of hydrogen-bond acceptors (Lipinski definition) is 2. The Hall–Kier alpha value is -2.23. The number of aromatic nitrogens is 1. The third kappa shape index (κ3) is 3.88. The average molecular weight is 271 g/mol. The van der Waals surface area contributed by atoms with E-state index in [1.165, 1.54) is 0 Å². The van der Waals surface area contributed by atoms with E-state index in [0.29, 0.717) is 18.2 Å². The Labute approximate surface area is 119 Å². The first-order valence-electron chi connectivity index (χ1n) is 6.90. The molecule has 4 heteroatoms. The summed E-state index contributed by atoms with van der Waals surface area (Å²) in [5.74, 6) is 0.342. The average Bonchev–Trinajstić information content (AvgIpc) is 2.98. The number of carbonyl (C=O) groups is 1. The predicted octanol–water partition coefficient (Wildman–Crippen LogP) is 2.88. The standard InChI is InChI=1S/C16H21N3O/c1-12(2)15(19-13-7-4-3-5-8-13)11-18-16(20)14-9-6-10-17-14/h3-10,12,15,17,19H,11H2,1-2H3,(H,18,20). The fourth-order valence-corrected chi connectivity index (χ4v) is 1.97. The molecule has 0 fully saturated rings. The molecular weight excluding hydrogens is 250 g/mol. The number of nitrogens with one attached hydrogen (secondary N) is 3. The van der Waals surface area contributed by atoms with Crippen molar-refractivity contribution < 1.29 is 4.79 Å². The van der Waals surface area contributed by atoms with E-state index in [1.807, 2.05) is 36.4 Å². The Morgan fingerprint density at radius 2 is 1.90 bits per heavy atom. The van der Waals surface area contributed by atoms with E-state index in [2.05, 4.69) is 29.5 Å². The summed E-state index contributed by atoms with van der Waals surface area (Å²) in [5, 5.41) is 6.41. The highest BCUT2D eigenvalue weighted by Gasteiger charge is 2.15. The van der Waals surface area contributed by atoms with Gasteiger partial charge in [0.25, 0.3) is 5.91 Å². The van der Waals surface area contributed by atoms with Gasteiger partial charge in [0.2, 0.25) is 0 Å². The van der Waals surface area contributed by atoms with E-state index in [9.17, 15) is 4.79 Å². The number of para-hydroxylation sites is 1. The summed E-state index contributed by atoms with van der Waals surface area (Å²) in [6, 6.07) is 13.8. The Morgan fingerprint density at radius 3 is 2.50 bits per heavy atom. The molecule has 2 rings (SSSR count). The lowest BCUT2D eigenvalue weighted by Gasteiger charge is -2.23. The minimum absolute atomic E-state index is 0.0736. The molecule has 0 spiro atoms. The molecule has 1 amide bonds. The van der Waals surface area contributed by atoms with E-state index in [-0.39, 0.29) is 11.9 Å². The van der Waals surface area contributed by atoms with Gasteiger partial charge in [0.1, 0.15) is 5.69 Å². The molecule has 20 heavy (non-hydrogen) atoms. The Bertz CT molecular complexity index is 520. The second-order valence-corrected chi connectivity index (χ2v) is 5.15. The van der Waals surface area contributed by atoms with Gasteiger partial charge in [-0.2, -0.15) is 0 Å². The highest BCUT2D eigenvalue weighted by atomic mass is 16.1. The third-order valence-electron chi connectivity index (χ3n) is 3.26. The number of rotatable bonds is 6. The molecule has 1 aromatic heterocycles. The zero-order valence-corrected chi connectivity index (χ0v) is 11.9. The molecule has 1 atom stereocenters. The smallest absolute Gasteiger partial charge is 0.267 e. The number of amides is 1. The van der Waals surface area contributed by atoms with Crippen LogP contribution in [0.2, 0.25) is 0 Å². The first-order valence-corrected chi connectivity index (χ1v) is 6.90. The lowest BCUT2D eigenvalue weighted by Crippen LogP contribution is -2.39. The molecule has 106 valence electrons.